The second kappa shape index (κ2) is 8.23. The Hall–Kier alpha value is -2.18. The molecule has 2 amide bonds. The lowest BCUT2D eigenvalue weighted by atomic mass is 10.2. The second-order valence-corrected chi connectivity index (χ2v) is 8.18. The molecule has 0 aliphatic carbocycles. The van der Waals surface area contributed by atoms with Crippen LogP contribution < -0.4 is 15.4 Å². The number of aryl methyl sites for hydroxylation is 2. The number of amides is 2. The standard InChI is InChI=1S/C15H17F3N4O3S2/c1-9-3-4-10(2)11(7-9)27(24,25)20-6-5-19-13(23)22-14-21-12(8-26-14)15(16,17)18/h3-4,7-8,20H,5-6H2,1-2H3,(H2,19,21,22,23). The van der Waals surface area contributed by atoms with Gasteiger partial charge in [0.05, 0.1) is 4.90 Å². The Morgan fingerprint density at radius 2 is 1.93 bits per heavy atom. The van der Waals surface area contributed by atoms with Crippen LogP contribution in [0.5, 0.6) is 0 Å². The van der Waals surface area contributed by atoms with Crippen molar-refractivity contribution < 1.29 is 26.4 Å². The zero-order valence-electron chi connectivity index (χ0n) is 14.3. The molecule has 0 aliphatic heterocycles. The van der Waals surface area contributed by atoms with Crippen LogP contribution in [0.2, 0.25) is 0 Å². The third kappa shape index (κ3) is 5.91. The number of nitrogens with one attached hydrogen (secondary N) is 3. The number of urea groups is 1. The van der Waals surface area contributed by atoms with Crippen molar-refractivity contribution in [1.29, 1.82) is 0 Å². The van der Waals surface area contributed by atoms with Crippen molar-refractivity contribution in [3.8, 4) is 0 Å². The molecule has 3 N–H and O–H groups in total. The van der Waals surface area contributed by atoms with E-state index in [-0.39, 0.29) is 23.1 Å². The van der Waals surface area contributed by atoms with Crippen molar-refractivity contribution in [2.24, 2.45) is 0 Å². The number of hydrogen-bond acceptors (Lipinski definition) is 5. The van der Waals surface area contributed by atoms with Gasteiger partial charge in [-0.1, -0.05) is 12.1 Å². The molecule has 0 fully saturated rings. The highest BCUT2D eigenvalue weighted by atomic mass is 32.2. The minimum atomic E-state index is -4.58. The molecule has 12 heteroatoms. The van der Waals surface area contributed by atoms with Crippen LogP contribution in [0, 0.1) is 13.8 Å². The van der Waals surface area contributed by atoms with Gasteiger partial charge in [-0.15, -0.1) is 11.3 Å². The lowest BCUT2D eigenvalue weighted by Crippen LogP contribution is -2.37. The van der Waals surface area contributed by atoms with Gasteiger partial charge in [0.2, 0.25) is 10.0 Å². The maximum absolute atomic E-state index is 12.4. The Bertz CT molecular complexity index is 927. The fraction of sp³-hybridized carbons (Fsp3) is 0.333. The monoisotopic (exact) mass is 422 g/mol. The molecule has 0 radical (unpaired) electrons. The fourth-order valence-corrected chi connectivity index (χ4v) is 4.11. The lowest BCUT2D eigenvalue weighted by molar-refractivity contribution is -0.140. The van der Waals surface area contributed by atoms with E-state index >= 15 is 0 Å². The summed E-state index contributed by atoms with van der Waals surface area (Å²) in [6, 6.07) is 4.24. The number of rotatable bonds is 6. The third-order valence-electron chi connectivity index (χ3n) is 3.35. The summed E-state index contributed by atoms with van der Waals surface area (Å²) in [5, 5.41) is 5.07. The zero-order valence-corrected chi connectivity index (χ0v) is 16.0. The molecule has 0 bridgehead atoms. The Labute approximate surface area is 158 Å². The van der Waals surface area contributed by atoms with Crippen LogP contribution in [0.4, 0.5) is 23.1 Å². The molecule has 0 saturated heterocycles. The topological polar surface area (TPSA) is 100 Å². The van der Waals surface area contributed by atoms with Gasteiger partial charge < -0.3 is 5.32 Å². The molecule has 0 saturated carbocycles. The van der Waals surface area contributed by atoms with Crippen molar-refractivity contribution in [3.05, 3.63) is 40.4 Å². The maximum atomic E-state index is 12.4. The molecule has 148 valence electrons. The smallest absolute Gasteiger partial charge is 0.336 e. The van der Waals surface area contributed by atoms with Crippen LogP contribution in [0.25, 0.3) is 0 Å². The summed E-state index contributed by atoms with van der Waals surface area (Å²) >= 11 is 0.634. The number of thiazole rings is 1. The van der Waals surface area contributed by atoms with E-state index in [9.17, 15) is 26.4 Å². The number of sulfonamides is 1. The predicted molar refractivity (Wildman–Crippen MR) is 95.2 cm³/mol. The van der Waals surface area contributed by atoms with Crippen molar-refractivity contribution >= 4 is 32.5 Å². The second-order valence-electron chi connectivity index (χ2n) is 5.58. The van der Waals surface area contributed by atoms with Crippen molar-refractivity contribution in [1.82, 2.24) is 15.0 Å². The number of nitrogens with zero attached hydrogens (tertiary/aromatic N) is 1. The zero-order chi connectivity index (χ0) is 20.2. The van der Waals surface area contributed by atoms with Crippen LogP contribution in [-0.4, -0.2) is 32.5 Å². The van der Waals surface area contributed by atoms with E-state index in [0.717, 1.165) is 10.9 Å². The maximum Gasteiger partial charge on any atom is 0.434 e. The van der Waals surface area contributed by atoms with Gasteiger partial charge in [-0.2, -0.15) is 13.2 Å². The highest BCUT2D eigenvalue weighted by Crippen LogP contribution is 2.31. The van der Waals surface area contributed by atoms with E-state index in [4.69, 9.17) is 0 Å². The number of benzene rings is 1. The highest BCUT2D eigenvalue weighted by Gasteiger charge is 2.33. The first-order chi connectivity index (χ1) is 12.5. The van der Waals surface area contributed by atoms with E-state index in [1.54, 1.807) is 32.0 Å². The van der Waals surface area contributed by atoms with Gasteiger partial charge in [0.15, 0.2) is 10.8 Å². The molecule has 27 heavy (non-hydrogen) atoms. The summed E-state index contributed by atoms with van der Waals surface area (Å²) in [6.07, 6.45) is -4.58. The van der Waals surface area contributed by atoms with Gasteiger partial charge in [0, 0.05) is 18.5 Å². The number of halogens is 3. The first-order valence-electron chi connectivity index (χ1n) is 7.63. The summed E-state index contributed by atoms with van der Waals surface area (Å²) in [4.78, 5) is 15.1. The van der Waals surface area contributed by atoms with Crippen LogP contribution in [0.15, 0.2) is 28.5 Å². The Balaban J connectivity index is 1.83. The lowest BCUT2D eigenvalue weighted by Gasteiger charge is -2.11. The summed E-state index contributed by atoms with van der Waals surface area (Å²) in [5.74, 6) is 0. The molecule has 1 aromatic heterocycles. The Kier molecular flexibility index (Phi) is 6.44. The van der Waals surface area contributed by atoms with Crippen LogP contribution in [0.3, 0.4) is 0 Å². The molecule has 1 heterocycles. The molecule has 0 unspecified atom stereocenters. The predicted octanol–water partition coefficient (Wildman–Crippen LogP) is 2.88. The van der Waals surface area contributed by atoms with Crippen molar-refractivity contribution in [2.75, 3.05) is 18.4 Å². The normalized spacial score (nSPS) is 12.0. The van der Waals surface area contributed by atoms with E-state index in [1.807, 2.05) is 0 Å². The van der Waals surface area contributed by atoms with Crippen LogP contribution in [-0.2, 0) is 16.2 Å². The van der Waals surface area contributed by atoms with E-state index in [1.165, 1.54) is 0 Å². The number of alkyl halides is 3. The minimum Gasteiger partial charge on any atom is -0.336 e. The number of aromatic nitrogens is 1. The van der Waals surface area contributed by atoms with Gasteiger partial charge in [-0.3, -0.25) is 5.32 Å². The molecular weight excluding hydrogens is 405 g/mol. The van der Waals surface area contributed by atoms with Gasteiger partial charge in [-0.05, 0) is 31.0 Å². The third-order valence-corrected chi connectivity index (χ3v) is 5.71. The molecule has 2 rings (SSSR count). The summed E-state index contributed by atoms with van der Waals surface area (Å²) in [5.41, 5.74) is 0.285. The highest BCUT2D eigenvalue weighted by molar-refractivity contribution is 7.89. The number of carbonyl (C=O) groups is 1. The Morgan fingerprint density at radius 3 is 2.56 bits per heavy atom. The van der Waals surface area contributed by atoms with E-state index in [0.29, 0.717) is 16.9 Å². The summed E-state index contributed by atoms with van der Waals surface area (Å²) in [7, 11) is -3.74. The van der Waals surface area contributed by atoms with Gasteiger partial charge >= 0.3 is 12.2 Å². The average Bonchev–Trinajstić information content (AvgIpc) is 3.02. The molecule has 2 aromatic rings. The molecule has 0 aliphatic rings. The first-order valence-corrected chi connectivity index (χ1v) is 10.00. The number of anilines is 1. The SMILES string of the molecule is Cc1ccc(C)c(S(=O)(=O)NCCNC(=O)Nc2nc(C(F)(F)F)cs2)c1. The largest absolute Gasteiger partial charge is 0.434 e. The molecular formula is C15H17F3N4O3S2. The molecule has 7 nitrogen and oxygen atoms in total. The Morgan fingerprint density at radius 1 is 1.22 bits per heavy atom. The van der Waals surface area contributed by atoms with Crippen molar-refractivity contribution in [2.45, 2.75) is 24.9 Å². The average molecular weight is 422 g/mol. The van der Waals surface area contributed by atoms with Crippen LogP contribution in [0.1, 0.15) is 16.8 Å². The summed E-state index contributed by atoms with van der Waals surface area (Å²) < 4.78 is 64.2. The number of carbonyl (C=O) groups excluding carboxylic acids is 1. The quantitative estimate of drug-likeness (QED) is 0.623. The van der Waals surface area contributed by atoms with Crippen LogP contribution >= 0.6 is 11.3 Å². The van der Waals surface area contributed by atoms with Gasteiger partial charge in [-0.25, -0.2) is 22.9 Å². The molecule has 0 spiro atoms. The molecule has 1 aromatic carbocycles. The van der Waals surface area contributed by atoms with Crippen molar-refractivity contribution in [3.63, 3.8) is 0 Å². The van der Waals surface area contributed by atoms with E-state index < -0.39 is 27.9 Å². The number of hydrogen-bond donors (Lipinski definition) is 3. The summed E-state index contributed by atoms with van der Waals surface area (Å²) in [6.45, 7) is 3.29. The van der Waals surface area contributed by atoms with Gasteiger partial charge in [0.1, 0.15) is 0 Å². The van der Waals surface area contributed by atoms with E-state index in [2.05, 4.69) is 20.3 Å². The minimum absolute atomic E-state index is 0.0621. The fourth-order valence-electron chi connectivity index (χ4n) is 2.04. The van der Waals surface area contributed by atoms with Gasteiger partial charge in [0.25, 0.3) is 0 Å². The molecule has 0 atom stereocenters. The first kappa shape index (κ1) is 21.1.